The monoisotopic (exact) mass is 249 g/mol. The van der Waals surface area contributed by atoms with Gasteiger partial charge in [0.25, 0.3) is 0 Å². The first-order chi connectivity index (χ1) is 8.15. The van der Waals surface area contributed by atoms with Crippen molar-refractivity contribution >= 4 is 17.2 Å². The molecule has 2 aromatic rings. The molecule has 3 nitrogen and oxygen atoms in total. The Morgan fingerprint density at radius 2 is 2.29 bits per heavy atom. The number of amides is 1. The number of carbonyl (C=O) groups is 1. The number of aryl methyl sites for hydroxylation is 1. The van der Waals surface area contributed by atoms with E-state index in [4.69, 9.17) is 4.42 Å². The van der Waals surface area contributed by atoms with Gasteiger partial charge in [-0.2, -0.15) is 11.3 Å². The Kier molecular flexibility index (Phi) is 3.64. The molecular weight excluding hydrogens is 234 g/mol. The van der Waals surface area contributed by atoms with E-state index >= 15 is 0 Å². The highest BCUT2D eigenvalue weighted by molar-refractivity contribution is 7.07. The first-order valence-corrected chi connectivity index (χ1v) is 6.46. The van der Waals surface area contributed by atoms with Crippen molar-refractivity contribution in [3.05, 3.63) is 46.0 Å². The van der Waals surface area contributed by atoms with Crippen LogP contribution in [0.15, 0.2) is 33.4 Å². The number of thiophene rings is 1. The molecule has 0 saturated carbocycles. The van der Waals surface area contributed by atoms with E-state index in [2.05, 4.69) is 5.32 Å². The maximum absolute atomic E-state index is 11.8. The van der Waals surface area contributed by atoms with Crippen molar-refractivity contribution in [2.75, 3.05) is 0 Å². The highest BCUT2D eigenvalue weighted by Gasteiger charge is 2.12. The molecule has 2 aromatic heterocycles. The van der Waals surface area contributed by atoms with Crippen LogP contribution >= 0.6 is 11.3 Å². The third-order valence-corrected chi connectivity index (χ3v) is 3.24. The molecule has 4 heteroatoms. The van der Waals surface area contributed by atoms with Crippen LogP contribution in [0.4, 0.5) is 0 Å². The van der Waals surface area contributed by atoms with Gasteiger partial charge >= 0.3 is 0 Å². The lowest BCUT2D eigenvalue weighted by atomic mass is 10.2. The molecule has 0 fully saturated rings. The van der Waals surface area contributed by atoms with E-state index < -0.39 is 0 Å². The molecule has 90 valence electrons. The summed E-state index contributed by atoms with van der Waals surface area (Å²) < 4.78 is 5.47. The zero-order valence-corrected chi connectivity index (χ0v) is 10.7. The quantitative estimate of drug-likeness (QED) is 0.904. The number of furan rings is 1. The predicted octanol–water partition coefficient (Wildman–Crippen LogP) is 3.07. The highest BCUT2D eigenvalue weighted by Crippen LogP contribution is 2.15. The molecule has 0 saturated heterocycles. The van der Waals surface area contributed by atoms with E-state index in [1.54, 1.807) is 11.3 Å². The van der Waals surface area contributed by atoms with Crippen LogP contribution < -0.4 is 5.32 Å². The second kappa shape index (κ2) is 5.19. The van der Waals surface area contributed by atoms with Gasteiger partial charge in [-0.05, 0) is 48.4 Å². The van der Waals surface area contributed by atoms with Crippen molar-refractivity contribution in [2.45, 2.75) is 26.3 Å². The van der Waals surface area contributed by atoms with Crippen molar-refractivity contribution in [2.24, 2.45) is 0 Å². The summed E-state index contributed by atoms with van der Waals surface area (Å²) in [5.41, 5.74) is 1.05. The zero-order chi connectivity index (χ0) is 12.3. The molecule has 0 aliphatic carbocycles. The fourth-order valence-corrected chi connectivity index (χ4v) is 2.30. The first kappa shape index (κ1) is 11.9. The molecule has 1 atom stereocenters. The maximum atomic E-state index is 11.8. The van der Waals surface area contributed by atoms with Gasteiger partial charge in [0.05, 0.1) is 12.5 Å². The van der Waals surface area contributed by atoms with E-state index in [0.29, 0.717) is 6.42 Å². The van der Waals surface area contributed by atoms with E-state index in [-0.39, 0.29) is 11.9 Å². The van der Waals surface area contributed by atoms with Crippen LogP contribution in [0, 0.1) is 6.92 Å². The Balaban J connectivity index is 1.90. The lowest BCUT2D eigenvalue weighted by Crippen LogP contribution is -2.27. The maximum Gasteiger partial charge on any atom is 0.225 e. The van der Waals surface area contributed by atoms with Crippen LogP contribution in [0.2, 0.25) is 0 Å². The number of hydrogen-bond donors (Lipinski definition) is 1. The summed E-state index contributed by atoms with van der Waals surface area (Å²) >= 11 is 1.60. The summed E-state index contributed by atoms with van der Waals surface area (Å²) in [4.78, 5) is 11.8. The van der Waals surface area contributed by atoms with Crippen molar-refractivity contribution in [1.82, 2.24) is 5.32 Å². The fourth-order valence-electron chi connectivity index (χ4n) is 1.63. The van der Waals surface area contributed by atoms with Crippen LogP contribution in [0.25, 0.3) is 0 Å². The minimum Gasteiger partial charge on any atom is -0.464 e. The summed E-state index contributed by atoms with van der Waals surface area (Å²) in [6, 6.07) is 5.67. The van der Waals surface area contributed by atoms with Gasteiger partial charge in [0, 0.05) is 0 Å². The molecule has 0 aliphatic rings. The highest BCUT2D eigenvalue weighted by atomic mass is 32.1. The van der Waals surface area contributed by atoms with Crippen LogP contribution in [-0.4, -0.2) is 5.91 Å². The average Bonchev–Trinajstić information content (AvgIpc) is 2.89. The fraction of sp³-hybridized carbons (Fsp3) is 0.308. The minimum atomic E-state index is -0.0881. The average molecular weight is 249 g/mol. The Morgan fingerprint density at radius 3 is 2.88 bits per heavy atom. The molecule has 1 unspecified atom stereocenters. The molecule has 1 amide bonds. The van der Waals surface area contributed by atoms with Gasteiger partial charge in [0.2, 0.25) is 5.91 Å². The van der Waals surface area contributed by atoms with Gasteiger partial charge < -0.3 is 9.73 Å². The van der Waals surface area contributed by atoms with Gasteiger partial charge in [-0.15, -0.1) is 0 Å². The molecule has 0 aliphatic heterocycles. The van der Waals surface area contributed by atoms with E-state index in [0.717, 1.165) is 17.1 Å². The standard InChI is InChI=1S/C13H15NO2S/c1-9-3-4-12(16-9)10(2)14-13(15)7-11-5-6-17-8-11/h3-6,8,10H,7H2,1-2H3,(H,14,15). The Morgan fingerprint density at radius 1 is 1.47 bits per heavy atom. The van der Waals surface area contributed by atoms with Gasteiger partial charge in [-0.3, -0.25) is 4.79 Å². The molecule has 0 aromatic carbocycles. The second-order valence-corrected chi connectivity index (χ2v) is 4.83. The first-order valence-electron chi connectivity index (χ1n) is 5.52. The van der Waals surface area contributed by atoms with E-state index in [1.807, 2.05) is 42.8 Å². The van der Waals surface area contributed by atoms with Crippen LogP contribution in [-0.2, 0) is 11.2 Å². The van der Waals surface area contributed by atoms with Crippen molar-refractivity contribution in [3.8, 4) is 0 Å². The molecule has 2 heterocycles. The second-order valence-electron chi connectivity index (χ2n) is 4.05. The summed E-state index contributed by atoms with van der Waals surface area (Å²) in [6.07, 6.45) is 0.424. The number of nitrogens with one attached hydrogen (secondary N) is 1. The van der Waals surface area contributed by atoms with E-state index in [1.165, 1.54) is 0 Å². The van der Waals surface area contributed by atoms with Crippen LogP contribution in [0.3, 0.4) is 0 Å². The predicted molar refractivity (Wildman–Crippen MR) is 68.0 cm³/mol. The lowest BCUT2D eigenvalue weighted by molar-refractivity contribution is -0.121. The number of hydrogen-bond acceptors (Lipinski definition) is 3. The van der Waals surface area contributed by atoms with Crippen LogP contribution in [0.5, 0.6) is 0 Å². The van der Waals surface area contributed by atoms with Gasteiger partial charge in [-0.1, -0.05) is 0 Å². The Labute approximate surface area is 104 Å². The van der Waals surface area contributed by atoms with Crippen molar-refractivity contribution in [3.63, 3.8) is 0 Å². The Bertz CT molecular complexity index is 487. The zero-order valence-electron chi connectivity index (χ0n) is 9.90. The molecule has 17 heavy (non-hydrogen) atoms. The molecule has 1 N–H and O–H groups in total. The normalized spacial score (nSPS) is 12.4. The summed E-state index contributed by atoms with van der Waals surface area (Å²) in [6.45, 7) is 3.81. The van der Waals surface area contributed by atoms with Gasteiger partial charge in [0.15, 0.2) is 0 Å². The largest absolute Gasteiger partial charge is 0.464 e. The third kappa shape index (κ3) is 3.20. The topological polar surface area (TPSA) is 42.2 Å². The third-order valence-electron chi connectivity index (χ3n) is 2.51. The molecule has 2 rings (SSSR count). The lowest BCUT2D eigenvalue weighted by Gasteiger charge is -2.10. The van der Waals surface area contributed by atoms with Crippen molar-refractivity contribution < 1.29 is 9.21 Å². The summed E-state index contributed by atoms with van der Waals surface area (Å²) in [7, 11) is 0. The van der Waals surface area contributed by atoms with Gasteiger partial charge in [-0.25, -0.2) is 0 Å². The molecule has 0 spiro atoms. The number of rotatable bonds is 4. The summed E-state index contributed by atoms with van der Waals surface area (Å²) in [5, 5.41) is 6.88. The summed E-state index contributed by atoms with van der Waals surface area (Å²) in [5.74, 6) is 1.67. The molecular formula is C13H15NO2S. The number of carbonyl (C=O) groups excluding carboxylic acids is 1. The SMILES string of the molecule is Cc1ccc(C(C)NC(=O)Cc2ccsc2)o1. The van der Waals surface area contributed by atoms with Crippen LogP contribution in [0.1, 0.15) is 30.0 Å². The van der Waals surface area contributed by atoms with E-state index in [9.17, 15) is 4.79 Å². The molecule has 0 bridgehead atoms. The smallest absolute Gasteiger partial charge is 0.225 e. The Hall–Kier alpha value is -1.55. The molecule has 0 radical (unpaired) electrons. The minimum absolute atomic E-state index is 0.0185. The van der Waals surface area contributed by atoms with Crippen molar-refractivity contribution in [1.29, 1.82) is 0 Å². The van der Waals surface area contributed by atoms with Gasteiger partial charge in [0.1, 0.15) is 11.5 Å².